The number of likely N-dealkylation sites (tertiary alicyclic amines) is 1. The number of ether oxygens (including phenoxy) is 1. The largest absolute Gasteiger partial charge is 0.492 e. The van der Waals surface area contributed by atoms with Crippen molar-refractivity contribution in [3.05, 3.63) is 30.3 Å². The molecule has 0 aromatic heterocycles. The van der Waals surface area contributed by atoms with Gasteiger partial charge in [-0.3, -0.25) is 4.90 Å². The molecule has 1 saturated heterocycles. The number of para-hydroxylation sites is 1. The maximum atomic E-state index is 10.3. The molecule has 1 aliphatic carbocycles. The number of hydrogen-bond acceptors (Lipinski definition) is 3. The number of benzene rings is 1. The van der Waals surface area contributed by atoms with E-state index in [0.717, 1.165) is 31.9 Å². The van der Waals surface area contributed by atoms with Gasteiger partial charge >= 0.3 is 0 Å². The second-order valence-corrected chi connectivity index (χ2v) is 6.42. The summed E-state index contributed by atoms with van der Waals surface area (Å²) < 4.78 is 5.83. The van der Waals surface area contributed by atoms with Crippen LogP contribution in [0.25, 0.3) is 0 Å². The molecule has 2 fully saturated rings. The third kappa shape index (κ3) is 3.78. The Hall–Kier alpha value is -1.06. The van der Waals surface area contributed by atoms with Gasteiger partial charge in [0.15, 0.2) is 0 Å². The van der Waals surface area contributed by atoms with Crippen molar-refractivity contribution < 1.29 is 9.84 Å². The van der Waals surface area contributed by atoms with Gasteiger partial charge in [-0.15, -0.1) is 0 Å². The fourth-order valence-corrected chi connectivity index (χ4v) is 4.00. The van der Waals surface area contributed by atoms with Crippen LogP contribution in [-0.2, 0) is 0 Å². The SMILES string of the molecule is OC1CCCCC1C1CCCN1CCOc1ccccc1. The summed E-state index contributed by atoms with van der Waals surface area (Å²) in [5, 5.41) is 10.3. The van der Waals surface area contributed by atoms with Crippen LogP contribution < -0.4 is 4.74 Å². The molecule has 3 heteroatoms. The van der Waals surface area contributed by atoms with Crippen LogP contribution in [0.15, 0.2) is 30.3 Å². The van der Waals surface area contributed by atoms with Gasteiger partial charge in [0.25, 0.3) is 0 Å². The van der Waals surface area contributed by atoms with Gasteiger partial charge in [0.1, 0.15) is 12.4 Å². The minimum absolute atomic E-state index is 0.0839. The van der Waals surface area contributed by atoms with Gasteiger partial charge in [-0.05, 0) is 44.4 Å². The van der Waals surface area contributed by atoms with E-state index in [9.17, 15) is 5.11 Å². The number of nitrogens with zero attached hydrogens (tertiary/aromatic N) is 1. The van der Waals surface area contributed by atoms with Crippen molar-refractivity contribution >= 4 is 0 Å². The summed E-state index contributed by atoms with van der Waals surface area (Å²) in [6.07, 6.45) is 7.09. The number of aliphatic hydroxyl groups is 1. The Morgan fingerprint density at radius 3 is 2.67 bits per heavy atom. The highest BCUT2D eigenvalue weighted by molar-refractivity contribution is 5.20. The number of aliphatic hydroxyl groups excluding tert-OH is 1. The average molecular weight is 289 g/mol. The summed E-state index contributed by atoms with van der Waals surface area (Å²) in [6.45, 7) is 2.87. The Labute approximate surface area is 127 Å². The fraction of sp³-hybridized carbons (Fsp3) is 0.667. The lowest BCUT2D eigenvalue weighted by molar-refractivity contribution is 0.0193. The summed E-state index contributed by atoms with van der Waals surface area (Å²) in [6, 6.07) is 10.6. The molecule has 1 aromatic rings. The molecule has 0 amide bonds. The zero-order chi connectivity index (χ0) is 14.5. The lowest BCUT2D eigenvalue weighted by Crippen LogP contribution is -2.43. The standard InChI is InChI=1S/C18H27NO2/c20-18-11-5-4-9-16(18)17-10-6-12-19(17)13-14-21-15-7-2-1-3-8-15/h1-3,7-8,16-18,20H,4-6,9-14H2. The second kappa shape index (κ2) is 7.28. The molecule has 0 bridgehead atoms. The quantitative estimate of drug-likeness (QED) is 0.904. The Morgan fingerprint density at radius 1 is 1.05 bits per heavy atom. The molecule has 3 unspecified atom stereocenters. The normalized spacial score (nSPS) is 30.4. The van der Waals surface area contributed by atoms with Crippen molar-refractivity contribution in [1.82, 2.24) is 4.90 Å². The molecule has 1 heterocycles. The highest BCUT2D eigenvalue weighted by Gasteiger charge is 2.36. The van der Waals surface area contributed by atoms with E-state index < -0.39 is 0 Å². The molecule has 0 spiro atoms. The van der Waals surface area contributed by atoms with E-state index >= 15 is 0 Å². The summed E-state index contributed by atoms with van der Waals surface area (Å²) in [5.74, 6) is 1.43. The van der Waals surface area contributed by atoms with E-state index in [1.165, 1.54) is 32.1 Å². The third-order valence-corrected chi connectivity index (χ3v) is 5.08. The first-order chi connectivity index (χ1) is 10.3. The molecule has 3 rings (SSSR count). The highest BCUT2D eigenvalue weighted by Crippen LogP contribution is 2.34. The van der Waals surface area contributed by atoms with Crippen LogP contribution in [0.3, 0.4) is 0 Å². The van der Waals surface area contributed by atoms with E-state index in [1.807, 2.05) is 30.3 Å². The first-order valence-electron chi connectivity index (χ1n) is 8.44. The molecule has 0 radical (unpaired) electrons. The van der Waals surface area contributed by atoms with Crippen LogP contribution in [-0.4, -0.2) is 41.8 Å². The van der Waals surface area contributed by atoms with Gasteiger partial charge in [0, 0.05) is 18.5 Å². The molecular formula is C18H27NO2. The maximum absolute atomic E-state index is 10.3. The molecule has 21 heavy (non-hydrogen) atoms. The van der Waals surface area contributed by atoms with E-state index in [1.54, 1.807) is 0 Å². The lowest BCUT2D eigenvalue weighted by Gasteiger charge is -2.37. The van der Waals surface area contributed by atoms with Gasteiger partial charge in [0.2, 0.25) is 0 Å². The van der Waals surface area contributed by atoms with E-state index in [-0.39, 0.29) is 6.10 Å². The van der Waals surface area contributed by atoms with E-state index in [0.29, 0.717) is 12.0 Å². The molecule has 116 valence electrons. The van der Waals surface area contributed by atoms with E-state index in [4.69, 9.17) is 4.74 Å². The van der Waals surface area contributed by atoms with Crippen LogP contribution in [0.4, 0.5) is 0 Å². The number of rotatable bonds is 5. The molecular weight excluding hydrogens is 262 g/mol. The fourth-order valence-electron chi connectivity index (χ4n) is 4.00. The number of hydrogen-bond donors (Lipinski definition) is 1. The Balaban J connectivity index is 1.50. The molecule has 3 nitrogen and oxygen atoms in total. The van der Waals surface area contributed by atoms with Crippen molar-refractivity contribution in [1.29, 1.82) is 0 Å². The summed E-state index contributed by atoms with van der Waals surface area (Å²) in [5.41, 5.74) is 0. The van der Waals surface area contributed by atoms with Gasteiger partial charge in [0.05, 0.1) is 6.10 Å². The summed E-state index contributed by atoms with van der Waals surface area (Å²) >= 11 is 0. The average Bonchev–Trinajstić information content (AvgIpc) is 2.97. The highest BCUT2D eigenvalue weighted by atomic mass is 16.5. The smallest absolute Gasteiger partial charge is 0.119 e. The topological polar surface area (TPSA) is 32.7 Å². The first-order valence-corrected chi connectivity index (χ1v) is 8.44. The Morgan fingerprint density at radius 2 is 1.86 bits per heavy atom. The van der Waals surface area contributed by atoms with Crippen LogP contribution >= 0.6 is 0 Å². The van der Waals surface area contributed by atoms with Crippen molar-refractivity contribution in [2.75, 3.05) is 19.7 Å². The third-order valence-electron chi connectivity index (χ3n) is 5.08. The van der Waals surface area contributed by atoms with Crippen LogP contribution in [0.1, 0.15) is 38.5 Å². The summed E-state index contributed by atoms with van der Waals surface area (Å²) in [7, 11) is 0. The molecule has 1 N–H and O–H groups in total. The predicted octanol–water partition coefficient (Wildman–Crippen LogP) is 3.08. The second-order valence-electron chi connectivity index (χ2n) is 6.42. The van der Waals surface area contributed by atoms with Gasteiger partial charge < -0.3 is 9.84 Å². The Kier molecular flexibility index (Phi) is 5.15. The molecule has 3 atom stereocenters. The zero-order valence-corrected chi connectivity index (χ0v) is 12.8. The van der Waals surface area contributed by atoms with Gasteiger partial charge in [-0.2, -0.15) is 0 Å². The van der Waals surface area contributed by atoms with Crippen molar-refractivity contribution in [3.8, 4) is 5.75 Å². The summed E-state index contributed by atoms with van der Waals surface area (Å²) in [4.78, 5) is 2.54. The van der Waals surface area contributed by atoms with E-state index in [2.05, 4.69) is 4.90 Å². The molecule has 1 aliphatic heterocycles. The maximum Gasteiger partial charge on any atom is 0.119 e. The minimum Gasteiger partial charge on any atom is -0.492 e. The lowest BCUT2D eigenvalue weighted by atomic mass is 9.80. The van der Waals surface area contributed by atoms with Gasteiger partial charge in [-0.25, -0.2) is 0 Å². The molecule has 1 aromatic carbocycles. The first kappa shape index (κ1) is 14.9. The van der Waals surface area contributed by atoms with Crippen LogP contribution in [0.2, 0.25) is 0 Å². The minimum atomic E-state index is -0.0839. The molecule has 2 aliphatic rings. The Bertz CT molecular complexity index is 422. The van der Waals surface area contributed by atoms with Crippen molar-refractivity contribution in [2.45, 2.75) is 50.7 Å². The predicted molar refractivity (Wildman–Crippen MR) is 84.5 cm³/mol. The van der Waals surface area contributed by atoms with Crippen molar-refractivity contribution in [3.63, 3.8) is 0 Å². The van der Waals surface area contributed by atoms with Crippen LogP contribution in [0.5, 0.6) is 5.75 Å². The molecule has 1 saturated carbocycles. The van der Waals surface area contributed by atoms with Gasteiger partial charge in [-0.1, -0.05) is 31.0 Å². The van der Waals surface area contributed by atoms with Crippen molar-refractivity contribution in [2.24, 2.45) is 5.92 Å². The zero-order valence-electron chi connectivity index (χ0n) is 12.8. The monoisotopic (exact) mass is 289 g/mol. The van der Waals surface area contributed by atoms with Crippen LogP contribution in [0, 0.1) is 5.92 Å².